The van der Waals surface area contributed by atoms with Crippen molar-refractivity contribution in [3.63, 3.8) is 0 Å². The normalized spacial score (nSPS) is 10.3. The topological polar surface area (TPSA) is 113 Å². The van der Waals surface area contributed by atoms with E-state index in [1.165, 1.54) is 11.8 Å². The quantitative estimate of drug-likeness (QED) is 0.548. The van der Waals surface area contributed by atoms with E-state index < -0.39 is 5.91 Å². The second-order valence-corrected chi connectivity index (χ2v) is 7.06. The SMILES string of the molecule is CC(C)NC(=O)Nc1cccc(C(=O)Nc2ccccc2SCC(N)=O)c1. The number of para-hydroxylation sites is 1. The van der Waals surface area contributed by atoms with Crippen LogP contribution in [-0.2, 0) is 4.79 Å². The van der Waals surface area contributed by atoms with E-state index in [0.717, 1.165) is 4.90 Å². The van der Waals surface area contributed by atoms with Crippen LogP contribution >= 0.6 is 11.8 Å². The van der Waals surface area contributed by atoms with E-state index in [1.807, 2.05) is 19.9 Å². The minimum Gasteiger partial charge on any atom is -0.369 e. The molecule has 8 heteroatoms. The molecule has 0 atom stereocenters. The maximum Gasteiger partial charge on any atom is 0.319 e. The van der Waals surface area contributed by atoms with Crippen molar-refractivity contribution in [1.82, 2.24) is 5.32 Å². The highest BCUT2D eigenvalue weighted by atomic mass is 32.2. The second kappa shape index (κ2) is 9.63. The fourth-order valence-electron chi connectivity index (χ4n) is 2.21. The molecule has 0 unspecified atom stereocenters. The van der Waals surface area contributed by atoms with Gasteiger partial charge in [0.25, 0.3) is 5.91 Å². The third-order valence-electron chi connectivity index (χ3n) is 3.31. The van der Waals surface area contributed by atoms with Gasteiger partial charge in [0.1, 0.15) is 0 Å². The lowest BCUT2D eigenvalue weighted by molar-refractivity contribution is -0.115. The summed E-state index contributed by atoms with van der Waals surface area (Å²) >= 11 is 1.25. The molecule has 0 aromatic heterocycles. The first-order valence-corrected chi connectivity index (χ1v) is 9.33. The summed E-state index contributed by atoms with van der Waals surface area (Å²) in [5, 5.41) is 8.23. The molecule has 0 aliphatic carbocycles. The predicted octanol–water partition coefficient (Wildman–Crippen LogP) is 3.05. The Morgan fingerprint density at radius 1 is 1.04 bits per heavy atom. The zero-order chi connectivity index (χ0) is 19.8. The minimum absolute atomic E-state index is 0.00545. The Labute approximate surface area is 162 Å². The van der Waals surface area contributed by atoms with E-state index >= 15 is 0 Å². The number of nitrogens with one attached hydrogen (secondary N) is 3. The first-order chi connectivity index (χ1) is 12.8. The van der Waals surface area contributed by atoms with E-state index in [9.17, 15) is 14.4 Å². The molecule has 4 amide bonds. The highest BCUT2D eigenvalue weighted by Gasteiger charge is 2.11. The lowest BCUT2D eigenvalue weighted by Crippen LogP contribution is -2.34. The van der Waals surface area contributed by atoms with Gasteiger partial charge < -0.3 is 21.7 Å². The van der Waals surface area contributed by atoms with Gasteiger partial charge in [-0.1, -0.05) is 18.2 Å². The number of carbonyl (C=O) groups is 3. The van der Waals surface area contributed by atoms with Gasteiger partial charge in [0, 0.05) is 22.2 Å². The fourth-order valence-corrected chi connectivity index (χ4v) is 2.95. The Morgan fingerprint density at radius 3 is 2.48 bits per heavy atom. The van der Waals surface area contributed by atoms with Gasteiger partial charge in [-0.2, -0.15) is 0 Å². The molecule has 0 saturated carbocycles. The number of primary amides is 1. The standard InChI is InChI=1S/C19H22N4O3S/c1-12(2)21-19(26)22-14-7-5-6-13(10-14)18(25)23-15-8-3-4-9-16(15)27-11-17(20)24/h3-10,12H,11H2,1-2H3,(H2,20,24)(H,23,25)(H2,21,22,26). The summed E-state index contributed by atoms with van der Waals surface area (Å²) in [6.45, 7) is 3.72. The van der Waals surface area contributed by atoms with E-state index in [1.54, 1.807) is 42.5 Å². The second-order valence-electron chi connectivity index (χ2n) is 6.04. The van der Waals surface area contributed by atoms with Crippen LogP contribution in [0.4, 0.5) is 16.2 Å². The Hall–Kier alpha value is -3.00. The first-order valence-electron chi connectivity index (χ1n) is 8.34. The lowest BCUT2D eigenvalue weighted by atomic mass is 10.2. The van der Waals surface area contributed by atoms with Crippen LogP contribution in [-0.4, -0.2) is 29.6 Å². The zero-order valence-electron chi connectivity index (χ0n) is 15.1. The smallest absolute Gasteiger partial charge is 0.319 e. The van der Waals surface area contributed by atoms with E-state index in [-0.39, 0.29) is 23.7 Å². The maximum atomic E-state index is 12.6. The molecule has 0 fully saturated rings. The minimum atomic E-state index is -0.431. The number of thioether (sulfide) groups is 1. The molecule has 142 valence electrons. The van der Waals surface area contributed by atoms with Crippen molar-refractivity contribution in [3.05, 3.63) is 54.1 Å². The Morgan fingerprint density at radius 2 is 1.78 bits per heavy atom. The summed E-state index contributed by atoms with van der Waals surface area (Å²) in [5.74, 6) is -0.633. The Bertz CT molecular complexity index is 839. The first kappa shape index (κ1) is 20.3. The molecule has 27 heavy (non-hydrogen) atoms. The van der Waals surface area contributed by atoms with Gasteiger partial charge in [-0.3, -0.25) is 9.59 Å². The molecule has 2 aromatic rings. The number of anilines is 2. The van der Waals surface area contributed by atoms with Crippen molar-refractivity contribution in [3.8, 4) is 0 Å². The molecule has 0 bridgehead atoms. The highest BCUT2D eigenvalue weighted by Crippen LogP contribution is 2.27. The number of amides is 4. The monoisotopic (exact) mass is 386 g/mol. The molecule has 5 N–H and O–H groups in total. The van der Waals surface area contributed by atoms with Crippen LogP contribution in [0.15, 0.2) is 53.4 Å². The average molecular weight is 386 g/mol. The molecule has 0 aliphatic rings. The molecule has 0 heterocycles. The summed E-state index contributed by atoms with van der Waals surface area (Å²) in [6.07, 6.45) is 0. The van der Waals surface area contributed by atoms with Gasteiger partial charge in [0.2, 0.25) is 5.91 Å². The van der Waals surface area contributed by atoms with Crippen LogP contribution in [0.5, 0.6) is 0 Å². The van der Waals surface area contributed by atoms with E-state index in [2.05, 4.69) is 16.0 Å². The molecular weight excluding hydrogens is 364 g/mol. The molecular formula is C19H22N4O3S. The number of urea groups is 1. The predicted molar refractivity (Wildman–Crippen MR) is 108 cm³/mol. The zero-order valence-corrected chi connectivity index (χ0v) is 15.9. The number of hydrogen-bond donors (Lipinski definition) is 4. The van der Waals surface area contributed by atoms with Gasteiger partial charge in [-0.05, 0) is 44.2 Å². The molecule has 2 aromatic carbocycles. The third kappa shape index (κ3) is 6.67. The van der Waals surface area contributed by atoms with Crippen molar-refractivity contribution in [1.29, 1.82) is 0 Å². The molecule has 0 aliphatic heterocycles. The van der Waals surface area contributed by atoms with Crippen LogP contribution in [0.25, 0.3) is 0 Å². The van der Waals surface area contributed by atoms with Gasteiger partial charge in [-0.25, -0.2) is 4.79 Å². The third-order valence-corrected chi connectivity index (χ3v) is 4.40. The molecule has 0 saturated heterocycles. The number of hydrogen-bond acceptors (Lipinski definition) is 4. The van der Waals surface area contributed by atoms with Crippen molar-refractivity contribution >= 4 is 41.0 Å². The van der Waals surface area contributed by atoms with Crippen molar-refractivity contribution in [2.45, 2.75) is 24.8 Å². The number of nitrogens with two attached hydrogens (primary N) is 1. The number of rotatable bonds is 7. The van der Waals surface area contributed by atoms with Crippen LogP contribution < -0.4 is 21.7 Å². The van der Waals surface area contributed by atoms with Gasteiger partial charge in [0.15, 0.2) is 0 Å². The van der Waals surface area contributed by atoms with Crippen LogP contribution in [0.2, 0.25) is 0 Å². The highest BCUT2D eigenvalue weighted by molar-refractivity contribution is 8.00. The molecule has 2 rings (SSSR count). The number of benzene rings is 2. The van der Waals surface area contributed by atoms with Gasteiger partial charge in [0.05, 0.1) is 11.4 Å². The lowest BCUT2D eigenvalue weighted by Gasteiger charge is -2.12. The van der Waals surface area contributed by atoms with Crippen LogP contribution in [0.1, 0.15) is 24.2 Å². The molecule has 7 nitrogen and oxygen atoms in total. The summed E-state index contributed by atoms with van der Waals surface area (Å²) in [6, 6.07) is 13.5. The van der Waals surface area contributed by atoms with Gasteiger partial charge in [-0.15, -0.1) is 11.8 Å². The van der Waals surface area contributed by atoms with Crippen molar-refractivity contribution in [2.24, 2.45) is 5.73 Å². The van der Waals surface area contributed by atoms with Gasteiger partial charge >= 0.3 is 6.03 Å². The molecule has 0 radical (unpaired) electrons. The number of carbonyl (C=O) groups excluding carboxylic acids is 3. The van der Waals surface area contributed by atoms with E-state index in [4.69, 9.17) is 5.73 Å². The molecule has 0 spiro atoms. The fraction of sp³-hybridized carbons (Fsp3) is 0.211. The van der Waals surface area contributed by atoms with Crippen molar-refractivity contribution < 1.29 is 14.4 Å². The van der Waals surface area contributed by atoms with Crippen molar-refractivity contribution in [2.75, 3.05) is 16.4 Å². The average Bonchev–Trinajstić information content (AvgIpc) is 2.60. The Balaban J connectivity index is 2.09. The Kier molecular flexibility index (Phi) is 7.25. The summed E-state index contributed by atoms with van der Waals surface area (Å²) in [7, 11) is 0. The van der Waals surface area contributed by atoms with Crippen LogP contribution in [0.3, 0.4) is 0 Å². The summed E-state index contributed by atoms with van der Waals surface area (Å²) in [4.78, 5) is 36.1. The largest absolute Gasteiger partial charge is 0.369 e. The summed E-state index contributed by atoms with van der Waals surface area (Å²) in [5.41, 5.74) is 6.68. The maximum absolute atomic E-state index is 12.6. The van der Waals surface area contributed by atoms with E-state index in [0.29, 0.717) is 16.9 Å². The van der Waals surface area contributed by atoms with Crippen LogP contribution in [0, 0.1) is 0 Å². The summed E-state index contributed by atoms with van der Waals surface area (Å²) < 4.78 is 0.